The van der Waals surface area contributed by atoms with Crippen molar-refractivity contribution in [2.75, 3.05) is 10.2 Å². The molecule has 3 aliphatic heterocycles. The zero-order chi connectivity index (χ0) is 40.9. The van der Waals surface area contributed by atoms with Crippen molar-refractivity contribution in [2.24, 2.45) is 0 Å². The number of ether oxygens (including phenoxy) is 2. The van der Waals surface area contributed by atoms with Crippen LogP contribution in [0.1, 0.15) is 84.5 Å². The molecule has 4 aromatic carbocycles. The largest absolute Gasteiger partial charge is 0.444 e. The minimum atomic E-state index is -0.869. The smallest absolute Gasteiger partial charge is 0.422 e. The lowest BCUT2D eigenvalue weighted by atomic mass is 10.1. The summed E-state index contributed by atoms with van der Waals surface area (Å²) in [5.74, 6) is -2.80. The number of nitrogens with one attached hydrogen (secondary N) is 2. The second-order valence-corrected chi connectivity index (χ2v) is 17.6. The third kappa shape index (κ3) is 10.8. The third-order valence-electron chi connectivity index (χ3n) is 8.35. The number of ketones is 2. The quantitative estimate of drug-likeness (QED) is 0.117. The van der Waals surface area contributed by atoms with E-state index in [1.807, 2.05) is 46.9 Å². The minimum Gasteiger partial charge on any atom is -0.444 e. The number of Topliss-reactive ketones (excluding diaryl/α,β-unsaturated/α-hetero) is 2. The highest BCUT2D eigenvalue weighted by molar-refractivity contribution is 14.1. The van der Waals surface area contributed by atoms with E-state index < -0.39 is 46.8 Å². The molecular formula is C42H42I2N4O8. The van der Waals surface area contributed by atoms with E-state index >= 15 is 0 Å². The number of anilines is 2. The highest BCUT2D eigenvalue weighted by Crippen LogP contribution is 2.32. The van der Waals surface area contributed by atoms with Crippen LogP contribution in [0.5, 0.6) is 0 Å². The predicted molar refractivity (Wildman–Crippen MR) is 228 cm³/mol. The molecule has 292 valence electrons. The minimum absolute atomic E-state index is 0.152. The Bertz CT molecular complexity index is 2160. The Morgan fingerprint density at radius 3 is 1.77 bits per heavy atom. The van der Waals surface area contributed by atoms with E-state index in [-0.39, 0.29) is 22.5 Å². The molecule has 12 nitrogen and oxygen atoms in total. The molecule has 4 amide bonds. The molecule has 3 aliphatic rings. The van der Waals surface area contributed by atoms with E-state index in [1.54, 1.807) is 77.9 Å². The Morgan fingerprint density at radius 2 is 1.21 bits per heavy atom. The topological polar surface area (TPSA) is 151 Å². The van der Waals surface area contributed by atoms with E-state index in [0.717, 1.165) is 36.3 Å². The Kier molecular flexibility index (Phi) is 13.4. The van der Waals surface area contributed by atoms with E-state index in [9.17, 15) is 28.8 Å². The number of imide groups is 1. The molecule has 4 aromatic rings. The van der Waals surface area contributed by atoms with Gasteiger partial charge < -0.3 is 19.7 Å². The van der Waals surface area contributed by atoms with Crippen molar-refractivity contribution < 1.29 is 38.2 Å². The van der Waals surface area contributed by atoms with Gasteiger partial charge in [-0.15, -0.1) is 0 Å². The Labute approximate surface area is 353 Å². The molecule has 0 atom stereocenters. The van der Waals surface area contributed by atoms with Crippen LogP contribution in [0.3, 0.4) is 0 Å². The van der Waals surface area contributed by atoms with Crippen molar-refractivity contribution >= 4 is 92.1 Å². The Balaban J connectivity index is 0.000000182. The second kappa shape index (κ2) is 17.6. The number of carbonyl (C=O) groups excluding carboxylic acids is 6. The van der Waals surface area contributed by atoms with Crippen LogP contribution in [-0.2, 0) is 45.2 Å². The lowest BCUT2D eigenvalue weighted by Crippen LogP contribution is -2.40. The summed E-state index contributed by atoms with van der Waals surface area (Å²) in [6.07, 6.45) is -1.51. The molecule has 56 heavy (non-hydrogen) atoms. The number of halogens is 2. The highest BCUT2D eigenvalue weighted by atomic mass is 127. The van der Waals surface area contributed by atoms with Crippen LogP contribution in [0.2, 0.25) is 0 Å². The number of rotatable bonds is 3. The van der Waals surface area contributed by atoms with Crippen molar-refractivity contribution in [3.8, 4) is 0 Å². The van der Waals surface area contributed by atoms with Gasteiger partial charge in [-0.25, -0.2) is 14.5 Å². The van der Waals surface area contributed by atoms with Crippen molar-refractivity contribution in [2.45, 2.75) is 78.9 Å². The maximum atomic E-state index is 12.9. The van der Waals surface area contributed by atoms with Crippen LogP contribution >= 0.6 is 45.2 Å². The zero-order valence-electron chi connectivity index (χ0n) is 31.8. The van der Waals surface area contributed by atoms with Crippen LogP contribution in [-0.4, -0.2) is 51.7 Å². The monoisotopic (exact) mass is 984 g/mol. The van der Waals surface area contributed by atoms with Gasteiger partial charge in [0.2, 0.25) is 0 Å². The van der Waals surface area contributed by atoms with Gasteiger partial charge in [0, 0.05) is 33.3 Å². The fourth-order valence-electron chi connectivity index (χ4n) is 5.90. The van der Waals surface area contributed by atoms with Gasteiger partial charge in [0.15, 0.2) is 0 Å². The van der Waals surface area contributed by atoms with Crippen LogP contribution in [0, 0.1) is 7.14 Å². The summed E-state index contributed by atoms with van der Waals surface area (Å²) in [4.78, 5) is 75.9. The summed E-state index contributed by atoms with van der Waals surface area (Å²) in [5.41, 5.74) is 4.52. The molecule has 2 N–H and O–H groups in total. The van der Waals surface area contributed by atoms with Gasteiger partial charge in [0.05, 0.1) is 22.5 Å². The van der Waals surface area contributed by atoms with Gasteiger partial charge in [-0.05, 0) is 145 Å². The maximum Gasteiger partial charge on any atom is 0.422 e. The number of hydrogen-bond donors (Lipinski definition) is 2. The molecule has 14 heteroatoms. The van der Waals surface area contributed by atoms with Gasteiger partial charge in [-0.3, -0.25) is 24.5 Å². The number of nitrogens with zero attached hydrogens (tertiary/aromatic N) is 2. The number of fused-ring (bicyclic) bond motifs is 3. The Hall–Kier alpha value is -4.68. The first-order valence-electron chi connectivity index (χ1n) is 17.7. The highest BCUT2D eigenvalue weighted by Gasteiger charge is 2.42. The first kappa shape index (κ1) is 42.5. The van der Waals surface area contributed by atoms with Crippen molar-refractivity contribution in [3.05, 3.63) is 125 Å². The van der Waals surface area contributed by atoms with Crippen molar-refractivity contribution in [1.29, 1.82) is 0 Å². The lowest BCUT2D eigenvalue weighted by Gasteiger charge is -2.23. The number of benzene rings is 4. The summed E-state index contributed by atoms with van der Waals surface area (Å²) in [6, 6.07) is 26.1. The zero-order valence-corrected chi connectivity index (χ0v) is 36.1. The number of amides is 4. The molecule has 0 saturated carbocycles. The van der Waals surface area contributed by atoms with E-state index in [1.165, 1.54) is 16.0 Å². The van der Waals surface area contributed by atoms with Crippen LogP contribution in [0.4, 0.5) is 21.0 Å². The van der Waals surface area contributed by atoms with Gasteiger partial charge in [-0.2, -0.15) is 0 Å². The summed E-state index contributed by atoms with van der Waals surface area (Å²) < 4.78 is 12.0. The fraction of sp³-hybridized carbons (Fsp3) is 0.286. The molecule has 0 aromatic heterocycles. The van der Waals surface area contributed by atoms with Gasteiger partial charge >= 0.3 is 18.1 Å². The number of carbonyl (C=O) groups is 6. The Morgan fingerprint density at radius 1 is 0.696 bits per heavy atom. The van der Waals surface area contributed by atoms with Crippen molar-refractivity contribution in [3.63, 3.8) is 0 Å². The lowest BCUT2D eigenvalue weighted by molar-refractivity contribution is -0.127. The summed E-state index contributed by atoms with van der Waals surface area (Å²) in [5, 5.41) is 5.87. The van der Waals surface area contributed by atoms with Crippen molar-refractivity contribution in [1.82, 2.24) is 10.2 Å². The summed E-state index contributed by atoms with van der Waals surface area (Å²) in [7, 11) is 0. The molecule has 0 aliphatic carbocycles. The van der Waals surface area contributed by atoms with Gasteiger partial charge in [-0.1, -0.05) is 48.5 Å². The maximum absolute atomic E-state index is 12.9. The summed E-state index contributed by atoms with van der Waals surface area (Å²) in [6.45, 7) is 13.3. The van der Waals surface area contributed by atoms with Crippen LogP contribution < -0.4 is 15.5 Å². The molecule has 0 radical (unpaired) electrons. The third-order valence-corrected chi connectivity index (χ3v) is 9.69. The van der Waals surface area contributed by atoms with E-state index in [4.69, 9.17) is 9.47 Å². The number of hydrogen-bond acceptors (Lipinski definition) is 9. The molecule has 0 bridgehead atoms. The van der Waals surface area contributed by atoms with E-state index in [2.05, 4.69) is 57.5 Å². The normalized spacial score (nSPS) is 14.0. The van der Waals surface area contributed by atoms with Gasteiger partial charge in [0.25, 0.3) is 17.5 Å². The second-order valence-electron chi connectivity index (χ2n) is 15.1. The molecular weight excluding hydrogens is 942 g/mol. The average Bonchev–Trinajstić information content (AvgIpc) is 3.84. The first-order chi connectivity index (χ1) is 26.3. The van der Waals surface area contributed by atoms with Gasteiger partial charge in [0.1, 0.15) is 11.2 Å². The molecule has 0 saturated heterocycles. The standard InChI is InChI=1S/C21H21IN2O4.C13H12INO4.C8H9N/c1-21(2,3)28-20(27)23-17-9-8-15(22)10-16(17)18(25)19(26)24-11-13-6-4-5-7-14(13)12-24;1-13(2,3)19-12(18)15-9-5-4-7(14)6-8(9)10(16)11(15)17;1-2-4-8-6-9-5-7(8)3-1/h4-10H,11-12H2,1-3H3,(H,23,27);4-6H,1-3H3;1-4,9H,5-6H2. The van der Waals surface area contributed by atoms with E-state index in [0.29, 0.717) is 13.1 Å². The average molecular weight is 985 g/mol. The molecule has 7 rings (SSSR count). The molecule has 3 heterocycles. The molecule has 0 unspecified atom stereocenters. The molecule has 0 fully saturated rings. The van der Waals surface area contributed by atoms with Crippen LogP contribution in [0.25, 0.3) is 0 Å². The SMILES string of the molecule is CC(C)(C)OC(=O)N1C(=O)C(=O)c2cc(I)ccc21.CC(C)(C)OC(=O)Nc1ccc(I)cc1C(=O)C(=O)N1Cc2ccccc2C1.c1ccc2c(c1)CNC2. The van der Waals surface area contributed by atoms with Crippen LogP contribution in [0.15, 0.2) is 84.9 Å². The first-order valence-corrected chi connectivity index (χ1v) is 19.9. The predicted octanol–water partition coefficient (Wildman–Crippen LogP) is 8.41. The summed E-state index contributed by atoms with van der Waals surface area (Å²) >= 11 is 4.10. The fourth-order valence-corrected chi connectivity index (χ4v) is 6.88. The molecule has 0 spiro atoms.